The monoisotopic (exact) mass is 220 g/mol. The summed E-state index contributed by atoms with van der Waals surface area (Å²) in [4.78, 5) is 11.7. The summed E-state index contributed by atoms with van der Waals surface area (Å²) in [6, 6.07) is 4.42. The number of para-hydroxylation sites is 1. The number of aromatic hydroxyl groups is 2. The van der Waals surface area contributed by atoms with Gasteiger partial charge in [0.15, 0.2) is 17.3 Å². The standard InChI is InChI=1S/C13H16O3/c1-2-3-4-5-8-11(14)10-7-6-9-12(15)13(10)16/h2,6-7,9,15-16H,1,3-5,8H2. The van der Waals surface area contributed by atoms with Crippen LogP contribution in [0.1, 0.15) is 36.0 Å². The van der Waals surface area contributed by atoms with Crippen molar-refractivity contribution >= 4 is 5.78 Å². The second kappa shape index (κ2) is 5.95. The van der Waals surface area contributed by atoms with E-state index in [4.69, 9.17) is 0 Å². The second-order valence-corrected chi connectivity index (χ2v) is 3.63. The van der Waals surface area contributed by atoms with Crippen molar-refractivity contribution in [2.45, 2.75) is 25.7 Å². The minimum absolute atomic E-state index is 0.141. The van der Waals surface area contributed by atoms with Gasteiger partial charge in [0.2, 0.25) is 0 Å². The number of carbonyl (C=O) groups excluding carboxylic acids is 1. The average molecular weight is 220 g/mol. The molecule has 0 aliphatic carbocycles. The molecule has 0 aliphatic rings. The van der Waals surface area contributed by atoms with Crippen molar-refractivity contribution in [3.8, 4) is 11.5 Å². The first kappa shape index (κ1) is 12.3. The van der Waals surface area contributed by atoms with Gasteiger partial charge in [0.25, 0.3) is 0 Å². The highest BCUT2D eigenvalue weighted by atomic mass is 16.3. The Bertz CT molecular complexity index is 383. The van der Waals surface area contributed by atoms with Crippen LogP contribution in [0.2, 0.25) is 0 Å². The first-order valence-electron chi connectivity index (χ1n) is 5.32. The first-order valence-corrected chi connectivity index (χ1v) is 5.32. The van der Waals surface area contributed by atoms with Crippen molar-refractivity contribution in [2.75, 3.05) is 0 Å². The largest absolute Gasteiger partial charge is 0.504 e. The Kier molecular flexibility index (Phi) is 4.58. The minimum atomic E-state index is -0.323. The smallest absolute Gasteiger partial charge is 0.168 e. The summed E-state index contributed by atoms with van der Waals surface area (Å²) in [5.41, 5.74) is 0.193. The third-order valence-corrected chi connectivity index (χ3v) is 2.38. The summed E-state index contributed by atoms with van der Waals surface area (Å²) in [5.74, 6) is -0.717. The second-order valence-electron chi connectivity index (χ2n) is 3.63. The maximum absolute atomic E-state index is 11.7. The number of phenols is 2. The van der Waals surface area contributed by atoms with Crippen LogP contribution in [-0.2, 0) is 0 Å². The normalized spacial score (nSPS) is 10.0. The highest BCUT2D eigenvalue weighted by molar-refractivity contribution is 5.99. The topological polar surface area (TPSA) is 57.5 Å². The third-order valence-electron chi connectivity index (χ3n) is 2.38. The molecule has 16 heavy (non-hydrogen) atoms. The van der Waals surface area contributed by atoms with Crippen LogP contribution in [0.25, 0.3) is 0 Å². The molecule has 2 N–H and O–H groups in total. The molecule has 0 spiro atoms. The molecular formula is C13H16O3. The van der Waals surface area contributed by atoms with E-state index in [2.05, 4.69) is 6.58 Å². The number of phenolic OH excluding ortho intramolecular Hbond substituents is 2. The van der Waals surface area contributed by atoms with Gasteiger partial charge >= 0.3 is 0 Å². The molecule has 3 heteroatoms. The molecule has 1 aromatic carbocycles. The molecule has 0 fully saturated rings. The predicted molar refractivity (Wildman–Crippen MR) is 62.8 cm³/mol. The lowest BCUT2D eigenvalue weighted by Gasteiger charge is -2.04. The van der Waals surface area contributed by atoms with Crippen LogP contribution in [0.5, 0.6) is 11.5 Å². The van der Waals surface area contributed by atoms with Gasteiger partial charge in [0, 0.05) is 6.42 Å². The zero-order valence-corrected chi connectivity index (χ0v) is 9.15. The number of hydrogen-bond acceptors (Lipinski definition) is 3. The van der Waals surface area contributed by atoms with E-state index in [1.54, 1.807) is 6.07 Å². The number of rotatable bonds is 6. The molecule has 3 nitrogen and oxygen atoms in total. The Balaban J connectivity index is 2.59. The molecule has 0 aromatic heterocycles. The van der Waals surface area contributed by atoms with E-state index >= 15 is 0 Å². The number of Topliss-reactive ketones (excluding diaryl/α,β-unsaturated/α-hetero) is 1. The maximum atomic E-state index is 11.7. The lowest BCUT2D eigenvalue weighted by Crippen LogP contribution is -1.99. The molecule has 0 saturated heterocycles. The lowest BCUT2D eigenvalue weighted by molar-refractivity contribution is 0.0976. The van der Waals surface area contributed by atoms with Crippen LogP contribution >= 0.6 is 0 Å². The molecule has 1 rings (SSSR count). The number of hydrogen-bond donors (Lipinski definition) is 2. The Morgan fingerprint density at radius 3 is 2.75 bits per heavy atom. The van der Waals surface area contributed by atoms with E-state index in [0.29, 0.717) is 6.42 Å². The molecule has 0 heterocycles. The molecule has 0 atom stereocenters. The van der Waals surface area contributed by atoms with Crippen molar-refractivity contribution in [1.29, 1.82) is 0 Å². The summed E-state index contributed by atoms with van der Waals surface area (Å²) in [6.07, 6.45) is 4.76. The van der Waals surface area contributed by atoms with Crippen molar-refractivity contribution in [3.63, 3.8) is 0 Å². The lowest BCUT2D eigenvalue weighted by atomic mass is 10.0. The maximum Gasteiger partial charge on any atom is 0.168 e. The van der Waals surface area contributed by atoms with Crippen LogP contribution in [0, 0.1) is 0 Å². The van der Waals surface area contributed by atoms with Crippen LogP contribution in [0.4, 0.5) is 0 Å². The zero-order valence-electron chi connectivity index (χ0n) is 9.15. The predicted octanol–water partition coefficient (Wildman–Crippen LogP) is 3.03. The number of carbonyl (C=O) groups is 1. The number of ketones is 1. The molecular weight excluding hydrogens is 204 g/mol. The molecule has 0 amide bonds. The fraction of sp³-hybridized carbons (Fsp3) is 0.308. The van der Waals surface area contributed by atoms with Crippen LogP contribution < -0.4 is 0 Å². The fourth-order valence-corrected chi connectivity index (χ4v) is 1.47. The van der Waals surface area contributed by atoms with Crippen molar-refractivity contribution < 1.29 is 15.0 Å². The zero-order chi connectivity index (χ0) is 12.0. The number of benzene rings is 1. The van der Waals surface area contributed by atoms with Gasteiger partial charge in [-0.05, 0) is 31.4 Å². The van der Waals surface area contributed by atoms with Crippen molar-refractivity contribution in [2.24, 2.45) is 0 Å². The molecule has 0 saturated carbocycles. The summed E-state index contributed by atoms with van der Waals surface area (Å²) < 4.78 is 0. The van der Waals surface area contributed by atoms with E-state index in [0.717, 1.165) is 19.3 Å². The van der Waals surface area contributed by atoms with E-state index in [9.17, 15) is 15.0 Å². The average Bonchev–Trinajstić information content (AvgIpc) is 2.28. The van der Waals surface area contributed by atoms with Gasteiger partial charge in [0.05, 0.1) is 5.56 Å². The van der Waals surface area contributed by atoms with E-state index in [1.165, 1.54) is 12.1 Å². The molecule has 86 valence electrons. The van der Waals surface area contributed by atoms with Gasteiger partial charge in [-0.2, -0.15) is 0 Å². The quantitative estimate of drug-likeness (QED) is 0.335. The molecule has 0 aliphatic heterocycles. The van der Waals surface area contributed by atoms with Crippen LogP contribution in [0.15, 0.2) is 30.9 Å². The van der Waals surface area contributed by atoms with Gasteiger partial charge in [-0.15, -0.1) is 6.58 Å². The Morgan fingerprint density at radius 1 is 1.31 bits per heavy atom. The van der Waals surface area contributed by atoms with Crippen molar-refractivity contribution in [1.82, 2.24) is 0 Å². The van der Waals surface area contributed by atoms with Crippen LogP contribution in [0.3, 0.4) is 0 Å². The Labute approximate surface area is 95.0 Å². The fourth-order valence-electron chi connectivity index (χ4n) is 1.47. The van der Waals surface area contributed by atoms with Gasteiger partial charge in [-0.1, -0.05) is 12.1 Å². The summed E-state index contributed by atoms with van der Waals surface area (Å²) in [5, 5.41) is 18.7. The van der Waals surface area contributed by atoms with Gasteiger partial charge in [-0.3, -0.25) is 4.79 Å². The molecule has 1 aromatic rings. The first-order chi connectivity index (χ1) is 7.66. The van der Waals surface area contributed by atoms with Crippen molar-refractivity contribution in [3.05, 3.63) is 36.4 Å². The summed E-state index contributed by atoms with van der Waals surface area (Å²) in [6.45, 7) is 3.60. The van der Waals surface area contributed by atoms with E-state index in [1.807, 2.05) is 6.08 Å². The van der Waals surface area contributed by atoms with Crippen LogP contribution in [-0.4, -0.2) is 16.0 Å². The SMILES string of the molecule is C=CCCCCC(=O)c1cccc(O)c1O. The number of allylic oxidation sites excluding steroid dienone is 1. The molecule has 0 unspecified atom stereocenters. The highest BCUT2D eigenvalue weighted by Gasteiger charge is 2.12. The Morgan fingerprint density at radius 2 is 2.06 bits per heavy atom. The minimum Gasteiger partial charge on any atom is -0.504 e. The summed E-state index contributed by atoms with van der Waals surface area (Å²) in [7, 11) is 0. The Hall–Kier alpha value is -1.77. The van der Waals surface area contributed by atoms with Gasteiger partial charge in [0.1, 0.15) is 0 Å². The van der Waals surface area contributed by atoms with Gasteiger partial charge in [-0.25, -0.2) is 0 Å². The molecule has 0 radical (unpaired) electrons. The van der Waals surface area contributed by atoms with E-state index < -0.39 is 0 Å². The third kappa shape index (κ3) is 3.12. The van der Waals surface area contributed by atoms with E-state index in [-0.39, 0.29) is 22.8 Å². The number of unbranched alkanes of at least 4 members (excludes halogenated alkanes) is 2. The summed E-state index contributed by atoms with van der Waals surface area (Å²) >= 11 is 0. The molecule has 0 bridgehead atoms. The highest BCUT2D eigenvalue weighted by Crippen LogP contribution is 2.29. The van der Waals surface area contributed by atoms with Gasteiger partial charge < -0.3 is 10.2 Å².